The first-order chi connectivity index (χ1) is 6.07. The maximum atomic E-state index is 10.8. The van der Waals surface area contributed by atoms with Gasteiger partial charge in [-0.15, -0.1) is 0 Å². The fraction of sp³-hybridized carbons (Fsp3) is 0.857. The van der Waals surface area contributed by atoms with Crippen molar-refractivity contribution >= 4 is 5.97 Å². The topological polar surface area (TPSA) is 96.2 Å². The van der Waals surface area contributed by atoms with Crippen LogP contribution in [0.15, 0.2) is 0 Å². The van der Waals surface area contributed by atoms with Crippen molar-refractivity contribution in [2.75, 3.05) is 13.7 Å². The molecule has 1 fully saturated rings. The molecule has 1 heterocycles. The molecule has 1 aliphatic rings. The first kappa shape index (κ1) is 10.4. The van der Waals surface area contributed by atoms with Gasteiger partial charge in [0.25, 0.3) is 0 Å². The number of aliphatic hydroxyl groups is 3. The molecule has 6 heteroatoms. The third-order valence-electron chi connectivity index (χ3n) is 1.94. The molecule has 0 amide bonds. The van der Waals surface area contributed by atoms with E-state index in [1.165, 1.54) is 0 Å². The van der Waals surface area contributed by atoms with E-state index in [1.807, 2.05) is 0 Å². The average Bonchev–Trinajstić information content (AvgIpc) is 2.45. The molecule has 3 N–H and O–H groups in total. The lowest BCUT2D eigenvalue weighted by Crippen LogP contribution is -2.43. The summed E-state index contributed by atoms with van der Waals surface area (Å²) in [7, 11) is 1.11. The molecule has 0 bridgehead atoms. The summed E-state index contributed by atoms with van der Waals surface area (Å²) in [5, 5.41) is 27.5. The van der Waals surface area contributed by atoms with Crippen LogP contribution in [0.1, 0.15) is 0 Å². The van der Waals surface area contributed by atoms with Crippen molar-refractivity contribution in [1.82, 2.24) is 0 Å². The number of esters is 1. The third-order valence-corrected chi connectivity index (χ3v) is 1.94. The lowest BCUT2D eigenvalue weighted by Gasteiger charge is -2.18. The van der Waals surface area contributed by atoms with Crippen molar-refractivity contribution in [2.45, 2.75) is 24.4 Å². The van der Waals surface area contributed by atoms with Gasteiger partial charge in [-0.05, 0) is 0 Å². The molecule has 1 aliphatic heterocycles. The maximum Gasteiger partial charge on any atom is 0.337 e. The molecule has 13 heavy (non-hydrogen) atoms. The van der Waals surface area contributed by atoms with Crippen LogP contribution in [0.25, 0.3) is 0 Å². The van der Waals surface area contributed by atoms with Crippen molar-refractivity contribution in [1.29, 1.82) is 0 Å². The van der Waals surface area contributed by atoms with Gasteiger partial charge in [0.15, 0.2) is 6.10 Å². The lowest BCUT2D eigenvalue weighted by atomic mass is 10.1. The van der Waals surface area contributed by atoms with Gasteiger partial charge in [0, 0.05) is 0 Å². The zero-order valence-electron chi connectivity index (χ0n) is 7.08. The molecule has 0 unspecified atom stereocenters. The van der Waals surface area contributed by atoms with Gasteiger partial charge in [-0.1, -0.05) is 0 Å². The van der Waals surface area contributed by atoms with E-state index in [-0.39, 0.29) is 6.61 Å². The van der Waals surface area contributed by atoms with Gasteiger partial charge in [0.05, 0.1) is 13.7 Å². The molecule has 76 valence electrons. The highest BCUT2D eigenvalue weighted by Crippen LogP contribution is 2.17. The Morgan fingerprint density at radius 1 is 1.62 bits per heavy atom. The summed E-state index contributed by atoms with van der Waals surface area (Å²) in [6, 6.07) is 0. The summed E-state index contributed by atoms with van der Waals surface area (Å²) in [5.74, 6) is -0.891. The van der Waals surface area contributed by atoms with E-state index in [9.17, 15) is 15.0 Å². The molecule has 4 atom stereocenters. The largest absolute Gasteiger partial charge is 0.467 e. The van der Waals surface area contributed by atoms with Crippen molar-refractivity contribution in [3.8, 4) is 0 Å². The lowest BCUT2D eigenvalue weighted by molar-refractivity contribution is -0.160. The van der Waals surface area contributed by atoms with E-state index in [4.69, 9.17) is 9.84 Å². The van der Waals surface area contributed by atoms with E-state index in [0.29, 0.717) is 0 Å². The van der Waals surface area contributed by atoms with Gasteiger partial charge in [0.2, 0.25) is 0 Å². The molecule has 1 saturated heterocycles. The van der Waals surface area contributed by atoms with Gasteiger partial charge < -0.3 is 24.8 Å². The molecule has 6 nitrogen and oxygen atoms in total. The molecule has 0 radical (unpaired) electrons. The summed E-state index contributed by atoms with van der Waals surface area (Å²) >= 11 is 0. The predicted octanol–water partition coefficient (Wildman–Crippen LogP) is -2.36. The number of hydrogen-bond donors (Lipinski definition) is 3. The smallest absolute Gasteiger partial charge is 0.337 e. The minimum absolute atomic E-state index is 0.0973. The quantitative estimate of drug-likeness (QED) is 0.423. The van der Waals surface area contributed by atoms with Crippen molar-refractivity contribution in [3.05, 3.63) is 0 Å². The second kappa shape index (κ2) is 4.01. The molecule has 0 saturated carbocycles. The van der Waals surface area contributed by atoms with Crippen LogP contribution in [-0.4, -0.2) is 59.4 Å². The Hall–Kier alpha value is -0.690. The maximum absolute atomic E-state index is 10.8. The number of hydrogen-bond acceptors (Lipinski definition) is 6. The number of aliphatic hydroxyl groups excluding tert-OH is 3. The summed E-state index contributed by atoms with van der Waals surface area (Å²) < 4.78 is 9.06. The second-order valence-electron chi connectivity index (χ2n) is 2.82. The molecular formula is C7H12O6. The summed E-state index contributed by atoms with van der Waals surface area (Å²) in [6.45, 7) is -0.0973. The molecule has 0 aliphatic carbocycles. The number of carbonyl (C=O) groups excluding carboxylic acids is 1. The van der Waals surface area contributed by atoms with Crippen LogP contribution in [0, 0.1) is 0 Å². The van der Waals surface area contributed by atoms with Crippen LogP contribution in [0.5, 0.6) is 0 Å². The zero-order valence-corrected chi connectivity index (χ0v) is 7.08. The van der Waals surface area contributed by atoms with Crippen molar-refractivity contribution < 1.29 is 29.6 Å². The second-order valence-corrected chi connectivity index (χ2v) is 2.82. The first-order valence-electron chi connectivity index (χ1n) is 3.81. The van der Waals surface area contributed by atoms with E-state index in [2.05, 4.69) is 4.74 Å². The van der Waals surface area contributed by atoms with Crippen LogP contribution >= 0.6 is 0 Å². The van der Waals surface area contributed by atoms with Gasteiger partial charge in [-0.25, -0.2) is 4.79 Å². The summed E-state index contributed by atoms with van der Waals surface area (Å²) in [4.78, 5) is 10.8. The van der Waals surface area contributed by atoms with E-state index >= 15 is 0 Å². The number of rotatable bonds is 2. The normalized spacial score (nSPS) is 35.8. The Kier molecular flexibility index (Phi) is 3.21. The highest BCUT2D eigenvalue weighted by atomic mass is 16.6. The molecule has 0 aromatic heterocycles. The Balaban J connectivity index is 2.57. The Labute approximate surface area is 74.7 Å². The third kappa shape index (κ3) is 1.97. The van der Waals surface area contributed by atoms with Crippen LogP contribution in [0.4, 0.5) is 0 Å². The van der Waals surface area contributed by atoms with Gasteiger partial charge in [-0.3, -0.25) is 0 Å². The standard InChI is InChI=1S/C7H12O6/c1-12-7(11)5(10)6-4(9)3(8)2-13-6/h3-6,8-10H,2H2,1H3/t3-,4+,5-,6+/m1/s1. The van der Waals surface area contributed by atoms with Crippen molar-refractivity contribution in [2.24, 2.45) is 0 Å². The first-order valence-corrected chi connectivity index (χ1v) is 3.81. The molecule has 0 aromatic carbocycles. The van der Waals surface area contributed by atoms with Gasteiger partial charge >= 0.3 is 5.97 Å². The zero-order chi connectivity index (χ0) is 10.0. The summed E-state index contributed by atoms with van der Waals surface area (Å²) in [5.41, 5.74) is 0. The molecular weight excluding hydrogens is 180 g/mol. The molecule has 0 aromatic rings. The predicted molar refractivity (Wildman–Crippen MR) is 39.8 cm³/mol. The number of ether oxygens (including phenoxy) is 2. The Morgan fingerprint density at radius 2 is 2.23 bits per heavy atom. The van der Waals surface area contributed by atoms with Gasteiger partial charge in [0.1, 0.15) is 18.3 Å². The SMILES string of the molecule is COC(=O)[C@H](O)[C@H]1OC[C@@H](O)[C@@H]1O. The summed E-state index contributed by atoms with van der Waals surface area (Å²) in [6.07, 6.45) is -4.99. The van der Waals surface area contributed by atoms with E-state index in [0.717, 1.165) is 7.11 Å². The minimum atomic E-state index is -1.56. The van der Waals surface area contributed by atoms with Crippen LogP contribution < -0.4 is 0 Å². The van der Waals surface area contributed by atoms with E-state index in [1.54, 1.807) is 0 Å². The Morgan fingerprint density at radius 3 is 2.62 bits per heavy atom. The van der Waals surface area contributed by atoms with Crippen LogP contribution in [-0.2, 0) is 14.3 Å². The Bertz CT molecular complexity index is 193. The fourth-order valence-corrected chi connectivity index (χ4v) is 1.16. The fourth-order valence-electron chi connectivity index (χ4n) is 1.16. The molecule has 0 spiro atoms. The van der Waals surface area contributed by atoms with Crippen LogP contribution in [0.3, 0.4) is 0 Å². The number of carbonyl (C=O) groups is 1. The highest BCUT2D eigenvalue weighted by molar-refractivity contribution is 5.75. The highest BCUT2D eigenvalue weighted by Gasteiger charge is 2.42. The van der Waals surface area contributed by atoms with Gasteiger partial charge in [-0.2, -0.15) is 0 Å². The molecule has 1 rings (SSSR count). The number of methoxy groups -OCH3 is 1. The van der Waals surface area contributed by atoms with E-state index < -0.39 is 30.4 Å². The van der Waals surface area contributed by atoms with Crippen LogP contribution in [0.2, 0.25) is 0 Å². The van der Waals surface area contributed by atoms with Crippen molar-refractivity contribution in [3.63, 3.8) is 0 Å². The monoisotopic (exact) mass is 192 g/mol. The average molecular weight is 192 g/mol. The minimum Gasteiger partial charge on any atom is -0.467 e.